The fraction of sp³-hybridized carbons (Fsp3) is 0.150. The standard InChI is InChI=1S/C20H15ClFNO5/c1-20(2)27-18(25)15(19(26)28-20)10-23-16-8-5-12(21)9-14(16)17(24)11-3-6-13(22)7-4-11/h3-10,23H,1-2H3. The molecule has 28 heavy (non-hydrogen) atoms. The molecule has 1 saturated heterocycles. The van der Waals surface area contributed by atoms with E-state index in [4.69, 9.17) is 21.1 Å². The molecule has 0 aromatic heterocycles. The number of benzene rings is 2. The van der Waals surface area contributed by atoms with Crippen LogP contribution in [0.2, 0.25) is 5.02 Å². The normalized spacial score (nSPS) is 15.5. The molecule has 6 nitrogen and oxygen atoms in total. The maximum Gasteiger partial charge on any atom is 0.350 e. The van der Waals surface area contributed by atoms with Gasteiger partial charge in [0.2, 0.25) is 0 Å². The SMILES string of the molecule is CC1(C)OC(=O)C(=CNc2ccc(Cl)cc2C(=O)c2ccc(F)cc2)C(=O)O1. The molecule has 0 bridgehead atoms. The Balaban J connectivity index is 1.91. The Labute approximate surface area is 164 Å². The number of hydrogen-bond acceptors (Lipinski definition) is 6. The highest BCUT2D eigenvalue weighted by Crippen LogP contribution is 2.26. The van der Waals surface area contributed by atoms with Gasteiger partial charge in [-0.1, -0.05) is 11.6 Å². The van der Waals surface area contributed by atoms with Crippen LogP contribution in [0.25, 0.3) is 0 Å². The van der Waals surface area contributed by atoms with Crippen molar-refractivity contribution in [2.24, 2.45) is 0 Å². The van der Waals surface area contributed by atoms with Crippen molar-refractivity contribution in [3.63, 3.8) is 0 Å². The maximum absolute atomic E-state index is 13.1. The Kier molecular flexibility index (Phi) is 5.20. The maximum atomic E-state index is 13.1. The largest absolute Gasteiger partial charge is 0.419 e. The summed E-state index contributed by atoms with van der Waals surface area (Å²) in [5.74, 6) is -3.94. The molecule has 1 fully saturated rings. The lowest BCUT2D eigenvalue weighted by Crippen LogP contribution is -2.42. The number of halogens is 2. The third-order valence-corrected chi connectivity index (χ3v) is 4.06. The van der Waals surface area contributed by atoms with Gasteiger partial charge in [0.05, 0.1) is 0 Å². The van der Waals surface area contributed by atoms with E-state index in [1.54, 1.807) is 0 Å². The quantitative estimate of drug-likeness (QED) is 0.361. The van der Waals surface area contributed by atoms with E-state index >= 15 is 0 Å². The number of rotatable bonds is 4. The number of ketones is 1. The van der Waals surface area contributed by atoms with Gasteiger partial charge in [0.1, 0.15) is 5.82 Å². The van der Waals surface area contributed by atoms with Crippen molar-refractivity contribution >= 4 is 35.0 Å². The lowest BCUT2D eigenvalue weighted by molar-refractivity contribution is -0.222. The molecule has 1 aliphatic heterocycles. The molecule has 0 unspecified atom stereocenters. The minimum absolute atomic E-state index is 0.175. The van der Waals surface area contributed by atoms with Gasteiger partial charge in [-0.05, 0) is 42.5 Å². The monoisotopic (exact) mass is 403 g/mol. The molecular formula is C20H15ClFNO5. The van der Waals surface area contributed by atoms with E-state index in [1.165, 1.54) is 56.3 Å². The van der Waals surface area contributed by atoms with E-state index in [9.17, 15) is 18.8 Å². The molecule has 3 rings (SSSR count). The first-order chi connectivity index (χ1) is 13.2. The number of carbonyl (C=O) groups excluding carboxylic acids is 3. The first kappa shape index (κ1) is 19.6. The van der Waals surface area contributed by atoms with Crippen molar-refractivity contribution in [3.8, 4) is 0 Å². The van der Waals surface area contributed by atoms with E-state index in [2.05, 4.69) is 5.32 Å². The molecule has 1 heterocycles. The fourth-order valence-electron chi connectivity index (χ4n) is 2.52. The summed E-state index contributed by atoms with van der Waals surface area (Å²) in [6.07, 6.45) is 1.10. The molecule has 2 aromatic carbocycles. The molecule has 0 radical (unpaired) electrons. The van der Waals surface area contributed by atoms with Crippen molar-refractivity contribution in [3.05, 3.63) is 76.2 Å². The Morgan fingerprint density at radius 1 is 1.07 bits per heavy atom. The Hall–Kier alpha value is -3.19. The average Bonchev–Trinajstić information content (AvgIpc) is 2.61. The Morgan fingerprint density at radius 3 is 2.29 bits per heavy atom. The van der Waals surface area contributed by atoms with Crippen molar-refractivity contribution in [2.45, 2.75) is 19.6 Å². The van der Waals surface area contributed by atoms with Crippen LogP contribution in [0, 0.1) is 5.82 Å². The molecule has 0 saturated carbocycles. The van der Waals surface area contributed by atoms with Crippen molar-refractivity contribution in [1.82, 2.24) is 0 Å². The third-order valence-electron chi connectivity index (χ3n) is 3.82. The van der Waals surface area contributed by atoms with E-state index in [1.807, 2.05) is 0 Å². The summed E-state index contributed by atoms with van der Waals surface area (Å²) in [5, 5.41) is 3.05. The van der Waals surface area contributed by atoms with Crippen LogP contribution in [0.15, 0.2) is 54.2 Å². The van der Waals surface area contributed by atoms with Crippen LogP contribution in [0.5, 0.6) is 0 Å². The highest BCUT2D eigenvalue weighted by molar-refractivity contribution is 6.31. The smallest absolute Gasteiger partial charge is 0.350 e. The summed E-state index contributed by atoms with van der Waals surface area (Å²) >= 11 is 6.00. The van der Waals surface area contributed by atoms with Gasteiger partial charge in [-0.15, -0.1) is 0 Å². The molecule has 0 amide bonds. The fourth-order valence-corrected chi connectivity index (χ4v) is 2.69. The van der Waals surface area contributed by atoms with Gasteiger partial charge in [0, 0.05) is 41.9 Å². The van der Waals surface area contributed by atoms with Crippen molar-refractivity contribution in [1.29, 1.82) is 0 Å². The predicted octanol–water partition coefficient (Wildman–Crippen LogP) is 3.84. The highest BCUT2D eigenvalue weighted by atomic mass is 35.5. The summed E-state index contributed by atoms with van der Waals surface area (Å²) in [6, 6.07) is 9.50. The molecule has 2 aromatic rings. The topological polar surface area (TPSA) is 81.7 Å². The van der Waals surface area contributed by atoms with Gasteiger partial charge in [0.15, 0.2) is 11.4 Å². The van der Waals surface area contributed by atoms with Gasteiger partial charge >= 0.3 is 11.9 Å². The molecule has 0 aliphatic carbocycles. The number of cyclic esters (lactones) is 2. The van der Waals surface area contributed by atoms with Crippen molar-refractivity contribution in [2.75, 3.05) is 5.32 Å². The molecule has 8 heteroatoms. The van der Waals surface area contributed by atoms with Crippen LogP contribution in [0.1, 0.15) is 29.8 Å². The minimum atomic E-state index is -1.35. The lowest BCUT2D eigenvalue weighted by atomic mass is 10.0. The van der Waals surface area contributed by atoms with Crippen LogP contribution in [-0.2, 0) is 19.1 Å². The van der Waals surface area contributed by atoms with Crippen LogP contribution in [0.4, 0.5) is 10.1 Å². The van der Waals surface area contributed by atoms with Crippen LogP contribution in [-0.4, -0.2) is 23.5 Å². The van der Waals surface area contributed by atoms with E-state index in [0.29, 0.717) is 5.02 Å². The van der Waals surface area contributed by atoms with Gasteiger partial charge in [0.25, 0.3) is 5.79 Å². The number of hydrogen-bond donors (Lipinski definition) is 1. The minimum Gasteiger partial charge on any atom is -0.419 e. The molecule has 144 valence electrons. The second-order valence-corrected chi connectivity index (χ2v) is 6.84. The Morgan fingerprint density at radius 2 is 1.68 bits per heavy atom. The molecular weight excluding hydrogens is 389 g/mol. The van der Waals surface area contributed by atoms with Crippen LogP contribution < -0.4 is 5.32 Å². The average molecular weight is 404 g/mol. The zero-order valence-corrected chi connectivity index (χ0v) is 15.7. The van der Waals surface area contributed by atoms with E-state index < -0.39 is 29.3 Å². The summed E-state index contributed by atoms with van der Waals surface area (Å²) in [6.45, 7) is 2.87. The van der Waals surface area contributed by atoms with Gasteiger partial charge in [-0.3, -0.25) is 4.79 Å². The van der Waals surface area contributed by atoms with E-state index in [-0.39, 0.29) is 22.4 Å². The first-order valence-electron chi connectivity index (χ1n) is 8.19. The first-order valence-corrected chi connectivity index (χ1v) is 8.57. The summed E-state index contributed by atoms with van der Waals surface area (Å²) in [5.41, 5.74) is 0.359. The summed E-state index contributed by atoms with van der Waals surface area (Å²) in [4.78, 5) is 36.8. The number of esters is 2. The number of nitrogens with one attached hydrogen (secondary N) is 1. The summed E-state index contributed by atoms with van der Waals surface area (Å²) < 4.78 is 23.1. The predicted molar refractivity (Wildman–Crippen MR) is 99.3 cm³/mol. The van der Waals surface area contributed by atoms with Gasteiger partial charge in [-0.25, -0.2) is 14.0 Å². The zero-order valence-electron chi connectivity index (χ0n) is 14.9. The highest BCUT2D eigenvalue weighted by Gasteiger charge is 2.39. The summed E-state index contributed by atoms with van der Waals surface area (Å²) in [7, 11) is 0. The second-order valence-electron chi connectivity index (χ2n) is 6.41. The van der Waals surface area contributed by atoms with Gasteiger partial charge < -0.3 is 14.8 Å². The molecule has 1 aliphatic rings. The second kappa shape index (κ2) is 7.44. The molecule has 1 N–H and O–H groups in total. The van der Waals surface area contributed by atoms with Crippen LogP contribution >= 0.6 is 11.6 Å². The third kappa shape index (κ3) is 4.20. The number of anilines is 1. The number of ether oxygens (including phenoxy) is 2. The van der Waals surface area contributed by atoms with E-state index in [0.717, 1.165) is 6.20 Å². The van der Waals surface area contributed by atoms with Crippen LogP contribution in [0.3, 0.4) is 0 Å². The zero-order chi connectivity index (χ0) is 20.5. The molecule has 0 spiro atoms. The Bertz CT molecular complexity index is 976. The van der Waals surface area contributed by atoms with Crippen molar-refractivity contribution < 1.29 is 28.2 Å². The number of carbonyl (C=O) groups is 3. The lowest BCUT2D eigenvalue weighted by Gasteiger charge is -2.29. The molecule has 0 atom stereocenters. The van der Waals surface area contributed by atoms with Gasteiger partial charge in [-0.2, -0.15) is 0 Å².